The van der Waals surface area contributed by atoms with E-state index in [1.54, 1.807) is 29.4 Å². The van der Waals surface area contributed by atoms with E-state index < -0.39 is 6.09 Å². The molecule has 13 heteroatoms. The minimum Gasteiger partial charge on any atom is -0.489 e. The molecule has 4 rings (SSSR count). The third kappa shape index (κ3) is 8.01. The van der Waals surface area contributed by atoms with Crippen LogP contribution in [0, 0.1) is 0 Å². The van der Waals surface area contributed by atoms with Gasteiger partial charge in [0.1, 0.15) is 12.9 Å². The zero-order valence-corrected chi connectivity index (χ0v) is 22.3. The van der Waals surface area contributed by atoms with Crippen molar-refractivity contribution in [1.82, 2.24) is 24.4 Å². The topological polar surface area (TPSA) is 114 Å². The fraction of sp³-hybridized carbons (Fsp3) is 0.250. The molecule has 2 amide bonds. The molecule has 10 nitrogen and oxygen atoms in total. The summed E-state index contributed by atoms with van der Waals surface area (Å²) in [6.07, 6.45) is 4.94. The van der Waals surface area contributed by atoms with Gasteiger partial charge in [-0.15, -0.1) is 0 Å². The van der Waals surface area contributed by atoms with Gasteiger partial charge in [-0.25, -0.2) is 19.6 Å². The molecular formula is C24H25Cl3N6O4. The molecule has 0 fully saturated rings. The number of imidazole rings is 2. The summed E-state index contributed by atoms with van der Waals surface area (Å²) in [5.74, 6) is 0.752. The number of carbonyl (C=O) groups is 2. The SMILES string of the molecule is CCCN(CCOc1c(Cl)cc(Cl)cc1Cl)C(=O)n1ccnc1.COC(=O)Nc1nc2ccccc2[nH]1. The molecule has 0 bridgehead atoms. The molecule has 196 valence electrons. The Morgan fingerprint density at radius 2 is 1.86 bits per heavy atom. The maximum Gasteiger partial charge on any atom is 0.413 e. The third-order valence-corrected chi connectivity index (χ3v) is 5.63. The van der Waals surface area contributed by atoms with Crippen LogP contribution >= 0.6 is 34.8 Å². The molecular weight excluding hydrogens is 543 g/mol. The van der Waals surface area contributed by atoms with E-state index in [2.05, 4.69) is 25.0 Å². The fourth-order valence-corrected chi connectivity index (χ4v) is 4.12. The Bertz CT molecular complexity index is 1270. The van der Waals surface area contributed by atoms with Crippen LogP contribution in [-0.2, 0) is 4.74 Å². The number of benzene rings is 2. The maximum atomic E-state index is 12.3. The number of nitrogens with one attached hydrogen (secondary N) is 2. The number of anilines is 1. The molecule has 0 aliphatic carbocycles. The van der Waals surface area contributed by atoms with E-state index in [0.717, 1.165) is 17.5 Å². The normalized spacial score (nSPS) is 10.4. The van der Waals surface area contributed by atoms with Crippen molar-refractivity contribution in [1.29, 1.82) is 0 Å². The zero-order chi connectivity index (χ0) is 26.8. The zero-order valence-electron chi connectivity index (χ0n) is 20.1. The number of H-pyrrole nitrogens is 1. The summed E-state index contributed by atoms with van der Waals surface area (Å²) in [6, 6.07) is 10.5. The van der Waals surface area contributed by atoms with Crippen LogP contribution in [0.25, 0.3) is 11.0 Å². The van der Waals surface area contributed by atoms with Crippen LogP contribution in [0.5, 0.6) is 5.75 Å². The Hall–Kier alpha value is -3.47. The van der Waals surface area contributed by atoms with E-state index >= 15 is 0 Å². The van der Waals surface area contributed by atoms with Gasteiger partial charge in [-0.3, -0.25) is 9.88 Å². The van der Waals surface area contributed by atoms with Crippen LogP contribution in [-0.4, -0.2) is 63.3 Å². The Labute approximate surface area is 228 Å². The Morgan fingerprint density at radius 3 is 2.49 bits per heavy atom. The van der Waals surface area contributed by atoms with Gasteiger partial charge in [0.05, 0.1) is 34.7 Å². The largest absolute Gasteiger partial charge is 0.489 e. The summed E-state index contributed by atoms with van der Waals surface area (Å²) in [5.41, 5.74) is 1.68. The highest BCUT2D eigenvalue weighted by Crippen LogP contribution is 2.35. The van der Waals surface area contributed by atoms with Crippen LogP contribution in [0.15, 0.2) is 55.1 Å². The monoisotopic (exact) mass is 566 g/mol. The van der Waals surface area contributed by atoms with Crippen molar-refractivity contribution < 1.29 is 19.1 Å². The number of carbonyl (C=O) groups excluding carboxylic acids is 2. The van der Waals surface area contributed by atoms with Gasteiger partial charge in [0.2, 0.25) is 5.95 Å². The molecule has 0 unspecified atom stereocenters. The number of nitrogens with zero attached hydrogens (tertiary/aromatic N) is 4. The average Bonchev–Trinajstić information content (AvgIpc) is 3.54. The summed E-state index contributed by atoms with van der Waals surface area (Å²) in [6.45, 7) is 3.28. The predicted octanol–water partition coefficient (Wildman–Crippen LogP) is 6.34. The number of aromatic amines is 1. The van der Waals surface area contributed by atoms with Crippen LogP contribution < -0.4 is 10.1 Å². The highest BCUT2D eigenvalue weighted by molar-refractivity contribution is 6.40. The number of rotatable bonds is 7. The van der Waals surface area contributed by atoms with Gasteiger partial charge in [0, 0.05) is 24.0 Å². The first-order chi connectivity index (χ1) is 17.8. The molecule has 37 heavy (non-hydrogen) atoms. The van der Waals surface area contributed by atoms with Gasteiger partial charge in [-0.05, 0) is 30.7 Å². The average molecular weight is 568 g/mol. The first kappa shape index (κ1) is 28.1. The van der Waals surface area contributed by atoms with Crippen molar-refractivity contribution in [2.75, 3.05) is 32.1 Å². The van der Waals surface area contributed by atoms with E-state index in [1.165, 1.54) is 18.0 Å². The first-order valence-electron chi connectivity index (χ1n) is 11.2. The highest BCUT2D eigenvalue weighted by Gasteiger charge is 2.15. The molecule has 0 spiro atoms. The molecule has 2 N–H and O–H groups in total. The summed E-state index contributed by atoms with van der Waals surface area (Å²) in [7, 11) is 1.30. The number of halogens is 3. The molecule has 0 saturated carbocycles. The van der Waals surface area contributed by atoms with E-state index in [0.29, 0.717) is 39.9 Å². The summed E-state index contributed by atoms with van der Waals surface area (Å²) >= 11 is 18.0. The van der Waals surface area contributed by atoms with Crippen molar-refractivity contribution in [2.45, 2.75) is 13.3 Å². The second kappa shape index (κ2) is 13.7. The molecule has 0 aliphatic heterocycles. The molecule has 0 radical (unpaired) electrons. The number of fused-ring (bicyclic) bond motifs is 1. The molecule has 2 aromatic heterocycles. The summed E-state index contributed by atoms with van der Waals surface area (Å²) in [4.78, 5) is 35.8. The Morgan fingerprint density at radius 1 is 1.14 bits per heavy atom. The lowest BCUT2D eigenvalue weighted by atomic mass is 10.3. The second-order valence-corrected chi connectivity index (χ2v) is 8.76. The van der Waals surface area contributed by atoms with Crippen LogP contribution in [0.2, 0.25) is 15.1 Å². The lowest BCUT2D eigenvalue weighted by Gasteiger charge is -2.22. The van der Waals surface area contributed by atoms with Crippen LogP contribution in [0.3, 0.4) is 0 Å². The highest BCUT2D eigenvalue weighted by atomic mass is 35.5. The Balaban J connectivity index is 0.000000231. The summed E-state index contributed by atoms with van der Waals surface area (Å²) < 4.78 is 11.5. The number of ether oxygens (including phenoxy) is 2. The minimum atomic E-state index is -0.538. The quantitative estimate of drug-likeness (QED) is 0.269. The van der Waals surface area contributed by atoms with Gasteiger partial charge >= 0.3 is 12.1 Å². The van der Waals surface area contributed by atoms with Crippen LogP contribution in [0.1, 0.15) is 13.3 Å². The smallest absolute Gasteiger partial charge is 0.413 e. The molecule has 4 aromatic rings. The van der Waals surface area contributed by atoms with Gasteiger partial charge in [-0.1, -0.05) is 53.9 Å². The number of hydrogen-bond acceptors (Lipinski definition) is 6. The lowest BCUT2D eigenvalue weighted by Crippen LogP contribution is -2.37. The van der Waals surface area contributed by atoms with Gasteiger partial charge in [-0.2, -0.15) is 0 Å². The van der Waals surface area contributed by atoms with E-state index in [1.807, 2.05) is 31.2 Å². The molecule has 2 aromatic carbocycles. The molecule has 2 heterocycles. The number of hydrogen-bond donors (Lipinski definition) is 2. The predicted molar refractivity (Wildman–Crippen MR) is 144 cm³/mol. The minimum absolute atomic E-state index is 0.152. The van der Waals surface area contributed by atoms with Crippen molar-refractivity contribution in [3.63, 3.8) is 0 Å². The third-order valence-electron chi connectivity index (χ3n) is 4.86. The van der Waals surface area contributed by atoms with Crippen LogP contribution in [0.4, 0.5) is 15.5 Å². The van der Waals surface area contributed by atoms with Crippen molar-refractivity contribution >= 4 is 63.9 Å². The van der Waals surface area contributed by atoms with Gasteiger partial charge < -0.3 is 19.4 Å². The molecule has 0 aliphatic rings. The number of para-hydroxylation sites is 2. The summed E-state index contributed by atoms with van der Waals surface area (Å²) in [5, 5.41) is 3.57. The first-order valence-corrected chi connectivity index (χ1v) is 12.3. The van der Waals surface area contributed by atoms with Crippen molar-refractivity contribution in [3.05, 3.63) is 70.2 Å². The Kier molecular flexibility index (Phi) is 10.4. The number of amides is 2. The maximum absolute atomic E-state index is 12.3. The number of methoxy groups -OCH3 is 1. The van der Waals surface area contributed by atoms with Gasteiger partial charge in [0.15, 0.2) is 5.75 Å². The second-order valence-electron chi connectivity index (χ2n) is 7.51. The molecule has 0 atom stereocenters. The van der Waals surface area contributed by atoms with Crippen molar-refractivity contribution in [2.24, 2.45) is 0 Å². The lowest BCUT2D eigenvalue weighted by molar-refractivity contribution is 0.184. The van der Waals surface area contributed by atoms with E-state index in [9.17, 15) is 9.59 Å². The van der Waals surface area contributed by atoms with Crippen molar-refractivity contribution in [3.8, 4) is 5.75 Å². The number of aromatic nitrogens is 4. The van der Waals surface area contributed by atoms with Gasteiger partial charge in [0.25, 0.3) is 0 Å². The standard InChI is InChI=1S/C15H16Cl3N3O2.C9H9N3O2/c1-2-4-20(15(22)21-5-3-19-10-21)6-7-23-14-12(17)8-11(16)9-13(14)18;1-14-9(13)12-8-10-6-4-2-3-5-7(6)11-8/h3,5,8-10H,2,4,6-7H2,1H3;2-5H,1H3,(H2,10,11,12,13). The van der Waals surface area contributed by atoms with E-state index in [-0.39, 0.29) is 12.6 Å². The fourth-order valence-electron chi connectivity index (χ4n) is 3.19. The molecule has 0 saturated heterocycles. The van der Waals surface area contributed by atoms with E-state index in [4.69, 9.17) is 39.5 Å².